The van der Waals surface area contributed by atoms with Crippen molar-refractivity contribution in [3.8, 4) is 23.1 Å². The molecule has 1 aliphatic rings. The maximum absolute atomic E-state index is 12.4. The Morgan fingerprint density at radius 1 is 1.05 bits per heavy atom. The Balaban J connectivity index is 1.07. The number of fused-ring (bicyclic) bond motifs is 1. The van der Waals surface area contributed by atoms with E-state index in [1.807, 2.05) is 78.3 Å². The van der Waals surface area contributed by atoms with Crippen LogP contribution in [-0.4, -0.2) is 25.5 Å². The molecule has 10 heteroatoms. The van der Waals surface area contributed by atoms with Gasteiger partial charge < -0.3 is 24.5 Å². The molecule has 41 heavy (non-hydrogen) atoms. The van der Waals surface area contributed by atoms with Crippen molar-refractivity contribution in [3.63, 3.8) is 0 Å². The van der Waals surface area contributed by atoms with Gasteiger partial charge >= 0.3 is 4.87 Å². The Labute approximate surface area is 240 Å². The molecule has 1 saturated carbocycles. The van der Waals surface area contributed by atoms with Crippen LogP contribution in [0.4, 0.5) is 5.69 Å². The number of ether oxygens (including phenoxy) is 2. The standard InChI is InChI=1S/C31H30N4O5S/c1-35-26-17-24(40-23-12-8-21(9-13-23)32-29(36)20-4-2-3-5-20)14-15-25(26)33-28(35)18-39-22-10-6-19(7-11-22)16-27-30(37)34-31(38)41-27/h6-15,17,20,37H,2-5,16,18H2,1H3,(H,32,36)(H,34,38). The van der Waals surface area contributed by atoms with E-state index in [0.29, 0.717) is 28.5 Å². The Morgan fingerprint density at radius 3 is 2.46 bits per heavy atom. The van der Waals surface area contributed by atoms with Crippen LogP contribution in [0.1, 0.15) is 41.9 Å². The van der Waals surface area contributed by atoms with E-state index in [1.165, 1.54) is 0 Å². The van der Waals surface area contributed by atoms with Crippen molar-refractivity contribution in [2.45, 2.75) is 38.7 Å². The van der Waals surface area contributed by atoms with Gasteiger partial charge in [-0.25, -0.2) is 4.98 Å². The number of hydrogen-bond acceptors (Lipinski definition) is 7. The lowest BCUT2D eigenvalue weighted by atomic mass is 10.1. The van der Waals surface area contributed by atoms with Crippen LogP contribution < -0.4 is 19.7 Å². The molecule has 5 aromatic rings. The third-order valence-electron chi connectivity index (χ3n) is 7.38. The SMILES string of the molecule is Cn1c(COc2ccc(Cc3sc(=O)[nH]c3O)cc2)nc2ccc(Oc3ccc(NC(=O)C4CCCC4)cc3)cc21. The van der Waals surface area contributed by atoms with Crippen molar-refractivity contribution in [2.75, 3.05) is 5.32 Å². The van der Waals surface area contributed by atoms with Crippen molar-refractivity contribution in [1.29, 1.82) is 0 Å². The fourth-order valence-electron chi connectivity index (χ4n) is 5.10. The minimum atomic E-state index is -0.270. The van der Waals surface area contributed by atoms with Crippen LogP contribution in [-0.2, 0) is 24.9 Å². The highest BCUT2D eigenvalue weighted by molar-refractivity contribution is 7.09. The van der Waals surface area contributed by atoms with Gasteiger partial charge in [0.05, 0.1) is 15.9 Å². The van der Waals surface area contributed by atoms with Crippen molar-refractivity contribution >= 4 is 34.0 Å². The summed E-state index contributed by atoms with van der Waals surface area (Å²) >= 11 is 1.01. The first-order valence-electron chi connectivity index (χ1n) is 13.6. The van der Waals surface area contributed by atoms with Gasteiger partial charge in [0.25, 0.3) is 0 Å². The summed E-state index contributed by atoms with van der Waals surface area (Å²) in [6.07, 6.45) is 4.66. The number of carbonyl (C=O) groups is 1. The molecule has 1 aliphatic carbocycles. The predicted octanol–water partition coefficient (Wildman–Crippen LogP) is 6.12. The van der Waals surface area contributed by atoms with Gasteiger partial charge in [0.15, 0.2) is 0 Å². The quantitative estimate of drug-likeness (QED) is 0.197. The Bertz CT molecular complexity index is 1730. The number of imidazole rings is 1. The monoisotopic (exact) mass is 570 g/mol. The molecule has 1 amide bonds. The van der Waals surface area contributed by atoms with Gasteiger partial charge in [0, 0.05) is 31.1 Å². The molecule has 0 radical (unpaired) electrons. The molecule has 1 fully saturated rings. The minimum Gasteiger partial charge on any atom is -0.494 e. The molecule has 0 atom stereocenters. The average molecular weight is 571 g/mol. The highest BCUT2D eigenvalue weighted by Gasteiger charge is 2.22. The third kappa shape index (κ3) is 6.12. The lowest BCUT2D eigenvalue weighted by Crippen LogP contribution is -2.20. The Kier molecular flexibility index (Phi) is 7.47. The molecule has 3 N–H and O–H groups in total. The number of H-pyrrole nitrogens is 1. The summed E-state index contributed by atoms with van der Waals surface area (Å²) in [5.74, 6) is 2.98. The van der Waals surface area contributed by atoms with E-state index in [-0.39, 0.29) is 29.2 Å². The van der Waals surface area contributed by atoms with Gasteiger partial charge in [-0.2, -0.15) is 0 Å². The Morgan fingerprint density at radius 2 is 1.76 bits per heavy atom. The van der Waals surface area contributed by atoms with Crippen LogP contribution in [0.15, 0.2) is 71.5 Å². The number of rotatable bonds is 9. The van der Waals surface area contributed by atoms with E-state index in [0.717, 1.165) is 65.1 Å². The first-order valence-corrected chi connectivity index (χ1v) is 14.4. The number of aromatic nitrogens is 3. The highest BCUT2D eigenvalue weighted by atomic mass is 32.1. The summed E-state index contributed by atoms with van der Waals surface area (Å²) < 4.78 is 14.0. The Hall–Kier alpha value is -4.57. The van der Waals surface area contributed by atoms with E-state index >= 15 is 0 Å². The summed E-state index contributed by atoms with van der Waals surface area (Å²) in [4.78, 5) is 31.2. The van der Waals surface area contributed by atoms with Crippen LogP contribution in [0.3, 0.4) is 0 Å². The molecule has 0 saturated heterocycles. The van der Waals surface area contributed by atoms with Crippen LogP contribution in [0.2, 0.25) is 0 Å². The number of benzene rings is 3. The van der Waals surface area contributed by atoms with Gasteiger partial charge in [-0.05, 0) is 66.9 Å². The number of aromatic hydroxyl groups is 1. The summed E-state index contributed by atoms with van der Waals surface area (Å²) in [5.41, 5.74) is 3.49. The lowest BCUT2D eigenvalue weighted by molar-refractivity contribution is -0.119. The van der Waals surface area contributed by atoms with Crippen LogP contribution >= 0.6 is 11.3 Å². The number of nitrogens with zero attached hydrogens (tertiary/aromatic N) is 2. The molecule has 2 aromatic heterocycles. The number of aryl methyl sites for hydroxylation is 1. The number of nitrogens with one attached hydrogen (secondary N) is 2. The van der Waals surface area contributed by atoms with Crippen molar-refractivity contribution in [1.82, 2.24) is 14.5 Å². The smallest absolute Gasteiger partial charge is 0.307 e. The van der Waals surface area contributed by atoms with Gasteiger partial charge in [0.1, 0.15) is 29.7 Å². The minimum absolute atomic E-state index is 0.0756. The summed E-state index contributed by atoms with van der Waals surface area (Å²) in [5, 5.41) is 12.8. The van der Waals surface area contributed by atoms with Gasteiger partial charge in [-0.1, -0.05) is 36.3 Å². The van der Waals surface area contributed by atoms with Gasteiger partial charge in [-0.15, -0.1) is 0 Å². The van der Waals surface area contributed by atoms with E-state index in [9.17, 15) is 14.7 Å². The van der Waals surface area contributed by atoms with Crippen molar-refractivity contribution < 1.29 is 19.4 Å². The zero-order valence-corrected chi connectivity index (χ0v) is 23.4. The van der Waals surface area contributed by atoms with Crippen molar-refractivity contribution in [3.05, 3.63) is 92.7 Å². The molecule has 0 spiro atoms. The van der Waals surface area contributed by atoms with E-state index in [4.69, 9.17) is 14.5 Å². The molecular weight excluding hydrogens is 540 g/mol. The molecule has 3 aromatic carbocycles. The predicted molar refractivity (Wildman–Crippen MR) is 158 cm³/mol. The van der Waals surface area contributed by atoms with Crippen LogP contribution in [0, 0.1) is 5.92 Å². The average Bonchev–Trinajstić information content (AvgIpc) is 3.69. The van der Waals surface area contributed by atoms with Gasteiger partial charge in [-0.3, -0.25) is 14.6 Å². The number of thiazole rings is 1. The maximum Gasteiger partial charge on any atom is 0.307 e. The van der Waals surface area contributed by atoms with Gasteiger partial charge in [0.2, 0.25) is 11.8 Å². The number of aromatic amines is 1. The number of carbonyl (C=O) groups excluding carboxylic acids is 1. The van der Waals surface area contributed by atoms with Crippen LogP contribution in [0.25, 0.3) is 11.0 Å². The summed E-state index contributed by atoms with van der Waals surface area (Å²) in [7, 11) is 1.94. The number of hydrogen-bond donors (Lipinski definition) is 3. The molecular formula is C31H30N4O5S. The molecule has 2 heterocycles. The zero-order chi connectivity index (χ0) is 28.3. The van der Waals surface area contributed by atoms with E-state index < -0.39 is 0 Å². The highest BCUT2D eigenvalue weighted by Crippen LogP contribution is 2.29. The third-order valence-corrected chi connectivity index (χ3v) is 8.26. The van der Waals surface area contributed by atoms with Crippen LogP contribution in [0.5, 0.6) is 23.1 Å². The lowest BCUT2D eigenvalue weighted by Gasteiger charge is -2.11. The maximum atomic E-state index is 12.4. The molecule has 210 valence electrons. The fraction of sp³-hybridized carbons (Fsp3) is 0.258. The van der Waals surface area contributed by atoms with E-state index in [2.05, 4.69) is 10.3 Å². The number of amides is 1. The second kappa shape index (κ2) is 11.5. The normalized spacial score (nSPS) is 13.5. The largest absolute Gasteiger partial charge is 0.494 e. The molecule has 6 rings (SSSR count). The summed E-state index contributed by atoms with van der Waals surface area (Å²) in [6.45, 7) is 0.287. The second-order valence-electron chi connectivity index (χ2n) is 10.2. The first kappa shape index (κ1) is 26.6. The topological polar surface area (TPSA) is 118 Å². The second-order valence-corrected chi connectivity index (χ2v) is 11.3. The van der Waals surface area contributed by atoms with Crippen molar-refractivity contribution in [2.24, 2.45) is 13.0 Å². The fourth-order valence-corrected chi connectivity index (χ4v) is 5.85. The molecule has 0 bridgehead atoms. The summed E-state index contributed by atoms with van der Waals surface area (Å²) in [6, 6.07) is 20.7. The van der Waals surface area contributed by atoms with E-state index in [1.54, 1.807) is 0 Å². The zero-order valence-electron chi connectivity index (χ0n) is 22.6. The molecule has 9 nitrogen and oxygen atoms in total. The first-order chi connectivity index (χ1) is 19.9. The molecule has 0 unspecified atom stereocenters. The molecule has 0 aliphatic heterocycles. The number of anilines is 1.